The maximum atomic E-state index is 5.72. The third-order valence-corrected chi connectivity index (χ3v) is 2.27. The summed E-state index contributed by atoms with van der Waals surface area (Å²) in [7, 11) is 1.84. The van der Waals surface area contributed by atoms with Gasteiger partial charge in [0.05, 0.1) is 5.69 Å². The number of thiazole rings is 1. The van der Waals surface area contributed by atoms with Crippen LogP contribution < -0.4 is 5.73 Å². The molecule has 0 aliphatic carbocycles. The van der Waals surface area contributed by atoms with E-state index in [1.807, 2.05) is 12.4 Å². The molecule has 12 heavy (non-hydrogen) atoms. The van der Waals surface area contributed by atoms with Crippen molar-refractivity contribution in [3.8, 4) is 10.7 Å². The Balaban J connectivity index is 2.54. The second-order valence-corrected chi connectivity index (χ2v) is 3.34. The predicted octanol–water partition coefficient (Wildman–Crippen LogP) is 1.13. The molecule has 0 saturated carbocycles. The number of anilines is 1. The van der Waals surface area contributed by atoms with Gasteiger partial charge in [0, 0.05) is 24.8 Å². The van der Waals surface area contributed by atoms with E-state index in [0.29, 0.717) is 5.69 Å². The Kier molecular flexibility index (Phi) is 1.58. The molecule has 0 saturated heterocycles. The van der Waals surface area contributed by atoms with Gasteiger partial charge in [0.15, 0.2) is 0 Å². The van der Waals surface area contributed by atoms with Crippen LogP contribution >= 0.6 is 11.3 Å². The molecule has 62 valence electrons. The lowest BCUT2D eigenvalue weighted by molar-refractivity contribution is 0.771. The molecular formula is C7H8N4S. The minimum absolute atomic E-state index is 0.674. The molecule has 0 spiro atoms. The van der Waals surface area contributed by atoms with Gasteiger partial charge in [-0.05, 0) is 0 Å². The van der Waals surface area contributed by atoms with E-state index >= 15 is 0 Å². The summed E-state index contributed by atoms with van der Waals surface area (Å²) in [5, 5.41) is 6.97. The van der Waals surface area contributed by atoms with E-state index in [-0.39, 0.29) is 0 Å². The molecule has 0 aliphatic rings. The van der Waals surface area contributed by atoms with Crippen molar-refractivity contribution in [2.75, 3.05) is 5.73 Å². The van der Waals surface area contributed by atoms with Crippen LogP contribution in [0.1, 0.15) is 0 Å². The van der Waals surface area contributed by atoms with Gasteiger partial charge < -0.3 is 5.73 Å². The largest absolute Gasteiger partial charge is 0.396 e. The molecule has 4 nitrogen and oxygen atoms in total. The maximum Gasteiger partial charge on any atom is 0.145 e. The Morgan fingerprint density at radius 3 is 2.92 bits per heavy atom. The maximum absolute atomic E-state index is 5.72. The van der Waals surface area contributed by atoms with E-state index in [0.717, 1.165) is 10.7 Å². The fourth-order valence-corrected chi connectivity index (χ4v) is 1.66. The third kappa shape index (κ3) is 1.08. The number of hydrogen-bond donors (Lipinski definition) is 1. The average Bonchev–Trinajstić information content (AvgIpc) is 2.58. The zero-order valence-corrected chi connectivity index (χ0v) is 7.38. The Hall–Kier alpha value is -1.36. The quantitative estimate of drug-likeness (QED) is 0.715. The van der Waals surface area contributed by atoms with Crippen LogP contribution in [0.15, 0.2) is 17.8 Å². The van der Waals surface area contributed by atoms with Crippen LogP contribution in [0.3, 0.4) is 0 Å². The topological polar surface area (TPSA) is 56.7 Å². The monoisotopic (exact) mass is 180 g/mol. The SMILES string of the molecule is Cn1cc(N)c(-c2nccs2)n1. The predicted molar refractivity (Wildman–Crippen MR) is 48.7 cm³/mol. The van der Waals surface area contributed by atoms with E-state index in [2.05, 4.69) is 10.1 Å². The summed E-state index contributed by atoms with van der Waals surface area (Å²) in [5.74, 6) is 0. The Labute approximate surface area is 73.7 Å². The highest BCUT2D eigenvalue weighted by Gasteiger charge is 2.08. The van der Waals surface area contributed by atoms with Gasteiger partial charge in [-0.2, -0.15) is 5.10 Å². The van der Waals surface area contributed by atoms with E-state index in [4.69, 9.17) is 5.73 Å². The van der Waals surface area contributed by atoms with Crippen LogP contribution in [0.2, 0.25) is 0 Å². The molecule has 0 bridgehead atoms. The molecule has 0 atom stereocenters. The van der Waals surface area contributed by atoms with Crippen molar-refractivity contribution in [1.82, 2.24) is 14.8 Å². The van der Waals surface area contributed by atoms with Crippen molar-refractivity contribution in [2.24, 2.45) is 7.05 Å². The van der Waals surface area contributed by atoms with Crippen molar-refractivity contribution in [2.45, 2.75) is 0 Å². The Bertz CT molecular complexity index is 376. The third-order valence-electron chi connectivity index (χ3n) is 1.49. The summed E-state index contributed by atoms with van der Waals surface area (Å²) in [6.07, 6.45) is 3.52. The smallest absolute Gasteiger partial charge is 0.145 e. The van der Waals surface area contributed by atoms with Crippen LogP contribution in [0.5, 0.6) is 0 Å². The second kappa shape index (κ2) is 2.60. The van der Waals surface area contributed by atoms with E-state index in [1.165, 1.54) is 11.3 Å². The zero-order chi connectivity index (χ0) is 8.55. The molecular weight excluding hydrogens is 172 g/mol. The number of nitrogens with two attached hydrogens (primary N) is 1. The highest BCUT2D eigenvalue weighted by Crippen LogP contribution is 2.24. The lowest BCUT2D eigenvalue weighted by Gasteiger charge is -1.88. The van der Waals surface area contributed by atoms with Crippen molar-refractivity contribution in [3.05, 3.63) is 17.8 Å². The van der Waals surface area contributed by atoms with Crippen molar-refractivity contribution in [3.63, 3.8) is 0 Å². The fraction of sp³-hybridized carbons (Fsp3) is 0.143. The Morgan fingerprint density at radius 2 is 2.42 bits per heavy atom. The number of rotatable bonds is 1. The molecule has 0 amide bonds. The van der Waals surface area contributed by atoms with Gasteiger partial charge in [0.25, 0.3) is 0 Å². The van der Waals surface area contributed by atoms with Gasteiger partial charge in [-0.25, -0.2) is 4.98 Å². The molecule has 0 radical (unpaired) electrons. The minimum atomic E-state index is 0.674. The van der Waals surface area contributed by atoms with Gasteiger partial charge in [0.2, 0.25) is 0 Å². The summed E-state index contributed by atoms with van der Waals surface area (Å²) in [6.45, 7) is 0. The van der Waals surface area contributed by atoms with Crippen molar-refractivity contribution < 1.29 is 0 Å². The second-order valence-electron chi connectivity index (χ2n) is 2.44. The molecule has 2 N–H and O–H groups in total. The summed E-state index contributed by atoms with van der Waals surface area (Å²) < 4.78 is 1.69. The summed E-state index contributed by atoms with van der Waals surface area (Å²) in [4.78, 5) is 4.12. The zero-order valence-electron chi connectivity index (χ0n) is 6.56. The lowest BCUT2D eigenvalue weighted by Crippen LogP contribution is -1.87. The molecule has 2 rings (SSSR count). The summed E-state index contributed by atoms with van der Waals surface area (Å²) in [6, 6.07) is 0. The first kappa shape index (κ1) is 7.30. The summed E-state index contributed by atoms with van der Waals surface area (Å²) in [5.41, 5.74) is 7.16. The molecule has 2 heterocycles. The van der Waals surface area contributed by atoms with Crippen LogP contribution in [0.25, 0.3) is 10.7 Å². The number of aromatic nitrogens is 3. The van der Waals surface area contributed by atoms with Crippen LogP contribution in [-0.2, 0) is 7.05 Å². The minimum Gasteiger partial charge on any atom is -0.396 e. The van der Waals surface area contributed by atoms with Crippen molar-refractivity contribution in [1.29, 1.82) is 0 Å². The fourth-order valence-electron chi connectivity index (χ4n) is 1.01. The molecule has 2 aromatic rings. The number of nitrogen functional groups attached to an aromatic ring is 1. The highest BCUT2D eigenvalue weighted by molar-refractivity contribution is 7.13. The van der Waals surface area contributed by atoms with Gasteiger partial charge >= 0.3 is 0 Å². The van der Waals surface area contributed by atoms with Gasteiger partial charge in [-0.15, -0.1) is 11.3 Å². The number of aryl methyl sites for hydroxylation is 1. The number of nitrogens with zero attached hydrogens (tertiary/aromatic N) is 3. The van der Waals surface area contributed by atoms with Gasteiger partial charge in [-0.3, -0.25) is 4.68 Å². The first-order chi connectivity index (χ1) is 5.77. The van der Waals surface area contributed by atoms with E-state index in [9.17, 15) is 0 Å². The lowest BCUT2D eigenvalue weighted by atomic mass is 10.4. The summed E-state index contributed by atoms with van der Waals surface area (Å²) >= 11 is 1.54. The molecule has 0 aliphatic heterocycles. The molecule has 0 aromatic carbocycles. The van der Waals surface area contributed by atoms with E-state index < -0.39 is 0 Å². The molecule has 0 fully saturated rings. The van der Waals surface area contributed by atoms with Crippen LogP contribution in [0.4, 0.5) is 5.69 Å². The molecule has 0 unspecified atom stereocenters. The number of hydrogen-bond acceptors (Lipinski definition) is 4. The van der Waals surface area contributed by atoms with E-state index in [1.54, 1.807) is 17.1 Å². The average molecular weight is 180 g/mol. The van der Waals surface area contributed by atoms with Crippen LogP contribution in [-0.4, -0.2) is 14.8 Å². The molecule has 5 heteroatoms. The van der Waals surface area contributed by atoms with Gasteiger partial charge in [-0.1, -0.05) is 0 Å². The normalized spacial score (nSPS) is 10.4. The van der Waals surface area contributed by atoms with Crippen LogP contribution in [0, 0.1) is 0 Å². The van der Waals surface area contributed by atoms with Crippen molar-refractivity contribution >= 4 is 17.0 Å². The first-order valence-electron chi connectivity index (χ1n) is 3.46. The Morgan fingerprint density at radius 1 is 1.58 bits per heavy atom. The van der Waals surface area contributed by atoms with Gasteiger partial charge in [0.1, 0.15) is 10.7 Å². The standard InChI is InChI=1S/C7H8N4S/c1-11-4-5(8)6(10-11)7-9-2-3-12-7/h2-4H,8H2,1H3. The first-order valence-corrected chi connectivity index (χ1v) is 4.34. The molecule has 2 aromatic heterocycles. The highest BCUT2D eigenvalue weighted by atomic mass is 32.1.